The summed E-state index contributed by atoms with van der Waals surface area (Å²) in [5.41, 5.74) is 0.485. The van der Waals surface area contributed by atoms with Crippen LogP contribution < -0.4 is 4.90 Å². The van der Waals surface area contributed by atoms with Crippen LogP contribution in [-0.4, -0.2) is 70.9 Å². The normalized spacial score (nSPS) is 17.6. The smallest absolute Gasteiger partial charge is 0.289 e. The highest BCUT2D eigenvalue weighted by Crippen LogP contribution is 2.16. The highest BCUT2D eigenvalue weighted by Gasteiger charge is 2.27. The Morgan fingerprint density at radius 2 is 1.50 bits per heavy atom. The molecule has 0 aliphatic carbocycles. The van der Waals surface area contributed by atoms with E-state index in [2.05, 4.69) is 14.9 Å². The quantitative estimate of drug-likeness (QED) is 0.825. The van der Waals surface area contributed by atoms with Gasteiger partial charge in [-0.2, -0.15) is 0 Å². The number of amides is 2. The van der Waals surface area contributed by atoms with E-state index in [0.29, 0.717) is 43.5 Å². The largest absolute Gasteiger partial charge is 0.459 e. The standard InChI is InChI=1S/C18H21N5O3/c24-16(14-12-19-18(20-13-14)23-5-1-2-6-23)21-7-9-22(10-8-21)17(25)15-4-3-11-26-15/h3-4,11-13H,1-2,5-10H2. The van der Waals surface area contributed by atoms with Crippen molar-refractivity contribution in [3.63, 3.8) is 0 Å². The number of rotatable bonds is 3. The molecule has 136 valence electrons. The van der Waals surface area contributed by atoms with Crippen LogP contribution in [0.15, 0.2) is 35.2 Å². The Kier molecular flexibility index (Phi) is 4.55. The Bertz CT molecular complexity index is 761. The Morgan fingerprint density at radius 3 is 2.08 bits per heavy atom. The van der Waals surface area contributed by atoms with Crippen LogP contribution >= 0.6 is 0 Å². The van der Waals surface area contributed by atoms with E-state index in [0.717, 1.165) is 25.9 Å². The molecule has 2 fully saturated rings. The molecule has 8 heteroatoms. The monoisotopic (exact) mass is 355 g/mol. The molecule has 0 bridgehead atoms. The zero-order valence-corrected chi connectivity index (χ0v) is 14.5. The van der Waals surface area contributed by atoms with Gasteiger partial charge in [0, 0.05) is 51.7 Å². The highest BCUT2D eigenvalue weighted by atomic mass is 16.3. The lowest BCUT2D eigenvalue weighted by Crippen LogP contribution is -2.50. The number of aromatic nitrogens is 2. The van der Waals surface area contributed by atoms with Crippen molar-refractivity contribution in [2.24, 2.45) is 0 Å². The first-order chi connectivity index (χ1) is 12.7. The number of carbonyl (C=O) groups excluding carboxylic acids is 2. The molecule has 0 N–H and O–H groups in total. The lowest BCUT2D eigenvalue weighted by Gasteiger charge is -2.34. The van der Waals surface area contributed by atoms with Gasteiger partial charge >= 0.3 is 0 Å². The highest BCUT2D eigenvalue weighted by molar-refractivity contribution is 5.94. The average molecular weight is 355 g/mol. The summed E-state index contributed by atoms with van der Waals surface area (Å²) in [6.07, 6.45) is 7.00. The fourth-order valence-electron chi connectivity index (χ4n) is 3.36. The van der Waals surface area contributed by atoms with Gasteiger partial charge in [0.05, 0.1) is 11.8 Å². The lowest BCUT2D eigenvalue weighted by atomic mass is 10.2. The first-order valence-corrected chi connectivity index (χ1v) is 8.91. The van der Waals surface area contributed by atoms with E-state index in [9.17, 15) is 9.59 Å². The number of furan rings is 1. The molecule has 8 nitrogen and oxygen atoms in total. The molecular weight excluding hydrogens is 334 g/mol. The molecule has 0 saturated carbocycles. The molecule has 26 heavy (non-hydrogen) atoms. The fourth-order valence-corrected chi connectivity index (χ4v) is 3.36. The van der Waals surface area contributed by atoms with Crippen molar-refractivity contribution in [2.45, 2.75) is 12.8 Å². The summed E-state index contributed by atoms with van der Waals surface area (Å²) in [5.74, 6) is 0.784. The van der Waals surface area contributed by atoms with E-state index in [4.69, 9.17) is 4.42 Å². The molecule has 4 heterocycles. The molecule has 2 aliphatic heterocycles. The Hall–Kier alpha value is -2.90. The van der Waals surface area contributed by atoms with E-state index in [1.54, 1.807) is 34.3 Å². The van der Waals surface area contributed by atoms with Gasteiger partial charge in [0.2, 0.25) is 5.95 Å². The lowest BCUT2D eigenvalue weighted by molar-refractivity contribution is 0.0517. The van der Waals surface area contributed by atoms with Crippen molar-refractivity contribution in [3.8, 4) is 0 Å². The van der Waals surface area contributed by atoms with Crippen molar-refractivity contribution in [3.05, 3.63) is 42.1 Å². The fraction of sp³-hybridized carbons (Fsp3) is 0.444. The minimum Gasteiger partial charge on any atom is -0.459 e. The van der Waals surface area contributed by atoms with Gasteiger partial charge in [0.25, 0.3) is 11.8 Å². The first kappa shape index (κ1) is 16.6. The molecule has 0 spiro atoms. The summed E-state index contributed by atoms with van der Waals surface area (Å²) in [6, 6.07) is 3.35. The number of nitrogens with zero attached hydrogens (tertiary/aromatic N) is 5. The maximum absolute atomic E-state index is 12.6. The maximum Gasteiger partial charge on any atom is 0.289 e. The number of piperazine rings is 1. The van der Waals surface area contributed by atoms with Crippen LogP contribution in [0.3, 0.4) is 0 Å². The predicted octanol–water partition coefficient (Wildman–Crippen LogP) is 1.27. The van der Waals surface area contributed by atoms with Crippen LogP contribution in [0.2, 0.25) is 0 Å². The summed E-state index contributed by atoms with van der Waals surface area (Å²) >= 11 is 0. The summed E-state index contributed by atoms with van der Waals surface area (Å²) in [4.78, 5) is 39.2. The summed E-state index contributed by atoms with van der Waals surface area (Å²) in [6.45, 7) is 3.88. The maximum atomic E-state index is 12.6. The van der Waals surface area contributed by atoms with Crippen LogP contribution in [0.5, 0.6) is 0 Å². The van der Waals surface area contributed by atoms with E-state index >= 15 is 0 Å². The number of hydrogen-bond acceptors (Lipinski definition) is 6. The second-order valence-electron chi connectivity index (χ2n) is 6.53. The third-order valence-electron chi connectivity index (χ3n) is 4.86. The third-order valence-corrected chi connectivity index (χ3v) is 4.86. The zero-order valence-electron chi connectivity index (χ0n) is 14.5. The van der Waals surface area contributed by atoms with Crippen molar-refractivity contribution in [1.29, 1.82) is 0 Å². The Morgan fingerprint density at radius 1 is 0.885 bits per heavy atom. The van der Waals surface area contributed by atoms with Gasteiger partial charge in [0.15, 0.2) is 5.76 Å². The minimum atomic E-state index is -0.139. The van der Waals surface area contributed by atoms with E-state index in [1.807, 2.05) is 0 Å². The van der Waals surface area contributed by atoms with Crippen LogP contribution in [0.25, 0.3) is 0 Å². The van der Waals surface area contributed by atoms with Gasteiger partial charge in [0.1, 0.15) is 0 Å². The molecule has 0 radical (unpaired) electrons. The zero-order chi connectivity index (χ0) is 17.9. The van der Waals surface area contributed by atoms with Crippen LogP contribution in [0.1, 0.15) is 33.8 Å². The first-order valence-electron chi connectivity index (χ1n) is 8.91. The van der Waals surface area contributed by atoms with E-state index < -0.39 is 0 Å². The summed E-state index contributed by atoms with van der Waals surface area (Å²) in [5, 5.41) is 0. The Labute approximate surface area is 151 Å². The number of carbonyl (C=O) groups is 2. The van der Waals surface area contributed by atoms with Gasteiger partial charge in [-0.1, -0.05) is 0 Å². The van der Waals surface area contributed by atoms with Crippen molar-refractivity contribution in [2.75, 3.05) is 44.2 Å². The van der Waals surface area contributed by atoms with E-state index in [1.165, 1.54) is 6.26 Å². The van der Waals surface area contributed by atoms with E-state index in [-0.39, 0.29) is 11.8 Å². The topological polar surface area (TPSA) is 82.8 Å². The third kappa shape index (κ3) is 3.26. The molecule has 4 rings (SSSR count). The predicted molar refractivity (Wildman–Crippen MR) is 94.0 cm³/mol. The van der Waals surface area contributed by atoms with Gasteiger partial charge in [-0.05, 0) is 25.0 Å². The molecule has 0 aromatic carbocycles. The van der Waals surface area contributed by atoms with Gasteiger partial charge < -0.3 is 19.1 Å². The Balaban J connectivity index is 1.35. The summed E-state index contributed by atoms with van der Waals surface area (Å²) in [7, 11) is 0. The molecule has 2 amide bonds. The van der Waals surface area contributed by atoms with Crippen molar-refractivity contribution >= 4 is 17.8 Å². The second-order valence-corrected chi connectivity index (χ2v) is 6.53. The summed E-state index contributed by atoms with van der Waals surface area (Å²) < 4.78 is 5.15. The van der Waals surface area contributed by atoms with Crippen LogP contribution in [-0.2, 0) is 0 Å². The molecule has 2 aromatic heterocycles. The number of anilines is 1. The molecule has 2 aliphatic rings. The van der Waals surface area contributed by atoms with Gasteiger partial charge in [-0.3, -0.25) is 9.59 Å². The average Bonchev–Trinajstić information content (AvgIpc) is 3.41. The van der Waals surface area contributed by atoms with Crippen LogP contribution in [0, 0.1) is 0 Å². The molecule has 0 atom stereocenters. The van der Waals surface area contributed by atoms with Crippen LogP contribution in [0.4, 0.5) is 5.95 Å². The molecular formula is C18H21N5O3. The van der Waals surface area contributed by atoms with Gasteiger partial charge in [-0.25, -0.2) is 9.97 Å². The number of hydrogen-bond donors (Lipinski definition) is 0. The van der Waals surface area contributed by atoms with Crippen molar-refractivity contribution < 1.29 is 14.0 Å². The molecule has 2 saturated heterocycles. The molecule has 0 unspecified atom stereocenters. The SMILES string of the molecule is O=C(c1cnc(N2CCCC2)nc1)N1CCN(C(=O)c2ccco2)CC1. The minimum absolute atomic E-state index is 0.0944. The second kappa shape index (κ2) is 7.15. The van der Waals surface area contributed by atoms with Crippen molar-refractivity contribution in [1.82, 2.24) is 19.8 Å². The molecule has 2 aromatic rings. The van der Waals surface area contributed by atoms with Gasteiger partial charge in [-0.15, -0.1) is 0 Å².